The first-order valence-corrected chi connectivity index (χ1v) is 8.10. The van der Waals surface area contributed by atoms with Gasteiger partial charge in [0, 0.05) is 17.3 Å². The number of aromatic nitrogens is 1. The molecule has 0 fully saturated rings. The molecule has 3 rings (SSSR count). The summed E-state index contributed by atoms with van der Waals surface area (Å²) < 4.78 is 10.6. The van der Waals surface area contributed by atoms with Crippen molar-refractivity contribution in [2.24, 2.45) is 0 Å². The van der Waals surface area contributed by atoms with E-state index in [-0.39, 0.29) is 17.9 Å². The Labute approximate surface area is 164 Å². The summed E-state index contributed by atoms with van der Waals surface area (Å²) in [6.07, 6.45) is 1.53. The van der Waals surface area contributed by atoms with Gasteiger partial charge in [-0.15, -0.1) is 12.4 Å². The Morgan fingerprint density at radius 2 is 1.85 bits per heavy atom. The summed E-state index contributed by atoms with van der Waals surface area (Å²) in [7, 11) is 1.60. The van der Waals surface area contributed by atoms with E-state index in [0.29, 0.717) is 29.1 Å². The average molecular weight is 391 g/mol. The van der Waals surface area contributed by atoms with E-state index >= 15 is 0 Å². The minimum atomic E-state index is -0.408. The third-order valence-corrected chi connectivity index (χ3v) is 3.90. The van der Waals surface area contributed by atoms with Gasteiger partial charge in [-0.3, -0.25) is 4.98 Å². The van der Waals surface area contributed by atoms with Crippen molar-refractivity contribution >= 4 is 40.7 Å². The molecule has 6 nitrogen and oxygen atoms in total. The number of carbonyl (C=O) groups excluding carboxylic acids is 1. The zero-order chi connectivity index (χ0) is 17.8. The molecule has 0 amide bonds. The van der Waals surface area contributed by atoms with Gasteiger partial charge in [-0.25, -0.2) is 4.79 Å². The van der Waals surface area contributed by atoms with E-state index in [2.05, 4.69) is 10.3 Å². The van der Waals surface area contributed by atoms with Gasteiger partial charge in [0.15, 0.2) is 0 Å². The number of halogens is 1. The van der Waals surface area contributed by atoms with Crippen molar-refractivity contribution in [2.75, 3.05) is 19.0 Å². The topological polar surface area (TPSA) is 92.0 Å². The molecule has 0 bridgehead atoms. The second kappa shape index (κ2) is 9.75. The standard InChI is InChI=1S/C20H20N2O3.ClH.H2O/c1-4-25-20(23)16-12-21-19-15(6-5-7-17(19)24-3)18(16)22-14-10-8-13(2)9-11-14;;/h5-12H,4H2,1-3H3,(H,21,22);1H;1H2. The summed E-state index contributed by atoms with van der Waals surface area (Å²) >= 11 is 0. The number of fused-ring (bicyclic) bond motifs is 1. The Bertz CT molecular complexity index is 914. The highest BCUT2D eigenvalue weighted by molar-refractivity contribution is 6.07. The zero-order valence-electron chi connectivity index (χ0n) is 15.4. The largest absolute Gasteiger partial charge is 0.494 e. The number of nitrogens with zero attached hydrogens (tertiary/aromatic N) is 1. The second-order valence-corrected chi connectivity index (χ2v) is 5.61. The Kier molecular flexibility index (Phi) is 8.02. The SMILES string of the molecule is CCOC(=O)c1cnc2c(OC)cccc2c1Nc1ccc(C)cc1.Cl.O. The van der Waals surface area contributed by atoms with Gasteiger partial charge in [0.05, 0.1) is 19.4 Å². The quantitative estimate of drug-likeness (QED) is 0.663. The lowest BCUT2D eigenvalue weighted by molar-refractivity contribution is 0.0527. The van der Waals surface area contributed by atoms with Gasteiger partial charge >= 0.3 is 5.97 Å². The maximum absolute atomic E-state index is 12.4. The smallest absolute Gasteiger partial charge is 0.341 e. The number of carbonyl (C=O) groups is 1. The molecule has 0 radical (unpaired) electrons. The fraction of sp³-hybridized carbons (Fsp3) is 0.200. The van der Waals surface area contributed by atoms with Crippen molar-refractivity contribution in [1.29, 1.82) is 0 Å². The Morgan fingerprint density at radius 1 is 1.15 bits per heavy atom. The first-order chi connectivity index (χ1) is 12.1. The van der Waals surface area contributed by atoms with Gasteiger partial charge in [0.2, 0.25) is 0 Å². The summed E-state index contributed by atoms with van der Waals surface area (Å²) in [6.45, 7) is 4.11. The van der Waals surface area contributed by atoms with Crippen molar-refractivity contribution in [1.82, 2.24) is 4.98 Å². The maximum Gasteiger partial charge on any atom is 0.341 e. The molecule has 0 aliphatic rings. The zero-order valence-corrected chi connectivity index (χ0v) is 16.2. The molecular weight excluding hydrogens is 368 g/mol. The van der Waals surface area contributed by atoms with Gasteiger partial charge in [0.25, 0.3) is 0 Å². The summed E-state index contributed by atoms with van der Waals surface area (Å²) in [6, 6.07) is 13.6. The molecule has 0 aliphatic heterocycles. The molecule has 27 heavy (non-hydrogen) atoms. The fourth-order valence-electron chi connectivity index (χ4n) is 2.64. The fourth-order valence-corrected chi connectivity index (χ4v) is 2.64. The van der Waals surface area contributed by atoms with Gasteiger partial charge in [-0.2, -0.15) is 0 Å². The number of hydrogen-bond acceptors (Lipinski definition) is 5. The minimum absolute atomic E-state index is 0. The van der Waals surface area contributed by atoms with Crippen molar-refractivity contribution in [3.8, 4) is 5.75 Å². The van der Waals surface area contributed by atoms with Crippen LogP contribution >= 0.6 is 12.4 Å². The van der Waals surface area contributed by atoms with Crippen molar-refractivity contribution < 1.29 is 19.7 Å². The minimum Gasteiger partial charge on any atom is -0.494 e. The molecule has 3 N–H and O–H groups in total. The van der Waals surface area contributed by atoms with Gasteiger partial charge in [-0.1, -0.05) is 29.8 Å². The highest BCUT2D eigenvalue weighted by atomic mass is 35.5. The van der Waals surface area contributed by atoms with Crippen LogP contribution in [0.1, 0.15) is 22.8 Å². The number of aryl methyl sites for hydroxylation is 1. The van der Waals surface area contributed by atoms with Crippen molar-refractivity contribution in [3.63, 3.8) is 0 Å². The number of ether oxygens (including phenoxy) is 2. The van der Waals surface area contributed by atoms with Crippen LogP contribution < -0.4 is 10.1 Å². The Morgan fingerprint density at radius 3 is 2.48 bits per heavy atom. The molecule has 0 atom stereocenters. The lowest BCUT2D eigenvalue weighted by Gasteiger charge is -2.15. The highest BCUT2D eigenvalue weighted by Gasteiger charge is 2.18. The van der Waals surface area contributed by atoms with E-state index in [1.807, 2.05) is 49.4 Å². The van der Waals surface area contributed by atoms with Crippen molar-refractivity contribution in [3.05, 3.63) is 59.8 Å². The molecule has 0 saturated heterocycles. The van der Waals surface area contributed by atoms with Crippen LogP contribution in [0.25, 0.3) is 10.9 Å². The Balaban J connectivity index is 0.00000182. The van der Waals surface area contributed by atoms with Gasteiger partial charge < -0.3 is 20.3 Å². The molecule has 1 aromatic heterocycles. The van der Waals surface area contributed by atoms with Gasteiger partial charge in [-0.05, 0) is 32.0 Å². The highest BCUT2D eigenvalue weighted by Crippen LogP contribution is 2.33. The molecule has 0 unspecified atom stereocenters. The molecule has 1 heterocycles. The summed E-state index contributed by atoms with van der Waals surface area (Å²) in [5.74, 6) is 0.245. The molecule has 3 aromatic rings. The van der Waals surface area contributed by atoms with E-state index in [0.717, 1.165) is 16.6 Å². The summed E-state index contributed by atoms with van der Waals surface area (Å²) in [5.41, 5.74) is 3.78. The van der Waals surface area contributed by atoms with Crippen LogP contribution in [0.5, 0.6) is 5.75 Å². The molecule has 7 heteroatoms. The number of anilines is 2. The number of para-hydroxylation sites is 1. The first-order valence-electron chi connectivity index (χ1n) is 8.10. The number of nitrogens with one attached hydrogen (secondary N) is 1. The summed E-state index contributed by atoms with van der Waals surface area (Å²) in [4.78, 5) is 16.8. The lowest BCUT2D eigenvalue weighted by atomic mass is 10.1. The van der Waals surface area contributed by atoms with E-state index in [9.17, 15) is 4.79 Å². The van der Waals surface area contributed by atoms with E-state index in [4.69, 9.17) is 9.47 Å². The van der Waals surface area contributed by atoms with Crippen LogP contribution in [-0.4, -0.2) is 30.1 Å². The van der Waals surface area contributed by atoms with E-state index < -0.39 is 5.97 Å². The molecule has 144 valence electrons. The molecular formula is C20H23ClN2O4. The monoisotopic (exact) mass is 390 g/mol. The van der Waals surface area contributed by atoms with Crippen LogP contribution in [0.3, 0.4) is 0 Å². The third-order valence-electron chi connectivity index (χ3n) is 3.90. The molecule has 0 spiro atoms. The number of esters is 1. The number of pyridine rings is 1. The van der Waals surface area contributed by atoms with Crippen molar-refractivity contribution in [2.45, 2.75) is 13.8 Å². The van der Waals surface area contributed by atoms with E-state index in [1.54, 1.807) is 14.0 Å². The maximum atomic E-state index is 12.4. The molecule has 2 aromatic carbocycles. The first kappa shape index (κ1) is 22.2. The van der Waals surface area contributed by atoms with Gasteiger partial charge in [0.1, 0.15) is 16.8 Å². The molecule has 0 aliphatic carbocycles. The third kappa shape index (κ3) is 4.67. The number of benzene rings is 2. The predicted molar refractivity (Wildman–Crippen MR) is 110 cm³/mol. The predicted octanol–water partition coefficient (Wildman–Crippen LogP) is 4.07. The van der Waals surface area contributed by atoms with Crippen LogP contribution in [-0.2, 0) is 4.74 Å². The second-order valence-electron chi connectivity index (χ2n) is 5.61. The van der Waals surface area contributed by atoms with Crippen LogP contribution in [0.15, 0.2) is 48.7 Å². The number of hydrogen-bond donors (Lipinski definition) is 1. The normalized spacial score (nSPS) is 9.74. The Hall–Kier alpha value is -2.83. The van der Waals surface area contributed by atoms with Crippen LogP contribution in [0.2, 0.25) is 0 Å². The summed E-state index contributed by atoms with van der Waals surface area (Å²) in [5, 5.41) is 4.13. The van der Waals surface area contributed by atoms with Crippen LogP contribution in [0.4, 0.5) is 11.4 Å². The average Bonchev–Trinajstić information content (AvgIpc) is 2.63. The van der Waals surface area contributed by atoms with Crippen LogP contribution in [0, 0.1) is 6.92 Å². The molecule has 0 saturated carbocycles. The number of methoxy groups -OCH3 is 1. The van der Waals surface area contributed by atoms with E-state index in [1.165, 1.54) is 6.20 Å². The lowest BCUT2D eigenvalue weighted by Crippen LogP contribution is -2.09. The number of rotatable bonds is 5.